The monoisotopic (exact) mass is 593 g/mol. The molecule has 0 radical (unpaired) electrons. The molecule has 1 aliphatic heterocycles. The van der Waals surface area contributed by atoms with Crippen molar-refractivity contribution in [2.24, 2.45) is 0 Å². The molecule has 0 atom stereocenters. The SMILES string of the molecule is CCCNC(=O)c1cc(-c2ccc3c4c(cc(C)c3c2)[N+](CCCS(=O)(=O)O)=C(C)C4(C)C)cc(C(=O)NCCC)n1. The van der Waals surface area contributed by atoms with E-state index in [9.17, 15) is 22.6 Å². The number of amides is 2. The first-order valence-electron chi connectivity index (χ1n) is 14.5. The van der Waals surface area contributed by atoms with Crippen molar-refractivity contribution >= 4 is 44.1 Å². The Morgan fingerprint density at radius 2 is 1.50 bits per heavy atom. The first-order chi connectivity index (χ1) is 19.8. The van der Waals surface area contributed by atoms with Gasteiger partial charge in [0, 0.05) is 38.1 Å². The number of aromatic nitrogens is 1. The molecule has 4 rings (SSSR count). The number of hydrogen-bond donors (Lipinski definition) is 3. The summed E-state index contributed by atoms with van der Waals surface area (Å²) in [6.45, 7) is 13.9. The Morgan fingerprint density at radius 1 is 0.905 bits per heavy atom. The molecule has 0 saturated heterocycles. The molecule has 10 heteroatoms. The second-order valence-corrected chi connectivity index (χ2v) is 13.1. The summed E-state index contributed by atoms with van der Waals surface area (Å²) in [4.78, 5) is 30.1. The summed E-state index contributed by atoms with van der Waals surface area (Å²) in [5.41, 5.74) is 6.04. The molecule has 3 aromatic rings. The van der Waals surface area contributed by atoms with E-state index in [0.29, 0.717) is 26.1 Å². The van der Waals surface area contributed by atoms with Gasteiger partial charge >= 0.3 is 0 Å². The third-order valence-corrected chi connectivity index (χ3v) is 8.83. The lowest BCUT2D eigenvalue weighted by atomic mass is 9.79. The maximum Gasteiger partial charge on any atom is 0.269 e. The van der Waals surface area contributed by atoms with Gasteiger partial charge < -0.3 is 10.6 Å². The van der Waals surface area contributed by atoms with E-state index in [1.807, 2.05) is 26.8 Å². The molecule has 3 N–H and O–H groups in total. The molecular weight excluding hydrogens is 552 g/mol. The van der Waals surface area contributed by atoms with E-state index in [1.54, 1.807) is 12.1 Å². The summed E-state index contributed by atoms with van der Waals surface area (Å²) in [5.74, 6) is -0.926. The molecule has 0 fully saturated rings. The van der Waals surface area contributed by atoms with Crippen molar-refractivity contribution in [1.82, 2.24) is 15.6 Å². The van der Waals surface area contributed by atoms with Crippen molar-refractivity contribution in [2.75, 3.05) is 25.4 Å². The molecule has 0 unspecified atom stereocenters. The number of aryl methyl sites for hydroxylation is 1. The molecule has 0 aliphatic carbocycles. The average molecular weight is 594 g/mol. The van der Waals surface area contributed by atoms with Crippen molar-refractivity contribution in [3.63, 3.8) is 0 Å². The van der Waals surface area contributed by atoms with Gasteiger partial charge in [0.15, 0.2) is 5.71 Å². The van der Waals surface area contributed by atoms with Gasteiger partial charge in [0.25, 0.3) is 21.9 Å². The van der Waals surface area contributed by atoms with Crippen LogP contribution < -0.4 is 10.6 Å². The smallest absolute Gasteiger partial charge is 0.269 e. The largest absolute Gasteiger partial charge is 0.351 e. The summed E-state index contributed by atoms with van der Waals surface area (Å²) >= 11 is 0. The third-order valence-electron chi connectivity index (χ3n) is 8.03. The van der Waals surface area contributed by atoms with Crippen molar-refractivity contribution < 1.29 is 27.1 Å². The van der Waals surface area contributed by atoms with E-state index in [4.69, 9.17) is 0 Å². The maximum absolute atomic E-state index is 12.9. The van der Waals surface area contributed by atoms with Gasteiger partial charge in [-0.05, 0) is 79.3 Å². The van der Waals surface area contributed by atoms with E-state index in [1.165, 1.54) is 0 Å². The van der Waals surface area contributed by atoms with Crippen molar-refractivity contribution in [2.45, 2.75) is 66.2 Å². The topological polar surface area (TPSA) is 128 Å². The van der Waals surface area contributed by atoms with Gasteiger partial charge in [-0.25, -0.2) is 4.98 Å². The maximum atomic E-state index is 12.9. The van der Waals surface area contributed by atoms with E-state index >= 15 is 0 Å². The highest BCUT2D eigenvalue weighted by Gasteiger charge is 2.44. The van der Waals surface area contributed by atoms with Crippen LogP contribution in [0.1, 0.15) is 86.0 Å². The first-order valence-corrected chi connectivity index (χ1v) is 16.1. The number of carbonyl (C=O) groups excluding carboxylic acids is 2. The molecule has 2 aromatic carbocycles. The van der Waals surface area contributed by atoms with Gasteiger partial charge in [0.1, 0.15) is 17.9 Å². The summed E-state index contributed by atoms with van der Waals surface area (Å²) in [6, 6.07) is 11.8. The van der Waals surface area contributed by atoms with E-state index in [2.05, 4.69) is 59.2 Å². The molecule has 42 heavy (non-hydrogen) atoms. The number of carbonyl (C=O) groups is 2. The second kappa shape index (κ2) is 12.3. The van der Waals surface area contributed by atoms with Crippen LogP contribution in [0, 0.1) is 6.92 Å². The number of nitrogens with one attached hydrogen (secondary N) is 2. The van der Waals surface area contributed by atoms with Gasteiger partial charge in [0.05, 0.1) is 11.2 Å². The zero-order chi connectivity index (χ0) is 30.8. The van der Waals surface area contributed by atoms with Crippen LogP contribution in [0.4, 0.5) is 5.69 Å². The van der Waals surface area contributed by atoms with E-state index in [-0.39, 0.29) is 34.4 Å². The predicted molar refractivity (Wildman–Crippen MR) is 167 cm³/mol. The lowest BCUT2D eigenvalue weighted by molar-refractivity contribution is -0.438. The summed E-state index contributed by atoms with van der Waals surface area (Å²) in [5, 5.41) is 7.85. The number of benzene rings is 2. The zero-order valence-corrected chi connectivity index (χ0v) is 26.1. The van der Waals surface area contributed by atoms with Crippen LogP contribution in [0.25, 0.3) is 21.9 Å². The van der Waals surface area contributed by atoms with Crippen LogP contribution in [-0.2, 0) is 15.5 Å². The molecule has 0 saturated carbocycles. The zero-order valence-electron chi connectivity index (χ0n) is 25.3. The number of pyridine rings is 1. The Morgan fingerprint density at radius 3 is 2.05 bits per heavy atom. The molecule has 0 spiro atoms. The Labute approximate surface area is 248 Å². The van der Waals surface area contributed by atoms with Gasteiger partial charge in [-0.2, -0.15) is 13.0 Å². The Kier molecular flexibility index (Phi) is 9.18. The second-order valence-electron chi connectivity index (χ2n) is 11.5. The normalized spacial score (nSPS) is 14.3. The van der Waals surface area contributed by atoms with Crippen LogP contribution in [0.3, 0.4) is 0 Å². The van der Waals surface area contributed by atoms with Crippen molar-refractivity contribution in [3.8, 4) is 11.1 Å². The average Bonchev–Trinajstić information content (AvgIpc) is 3.13. The molecule has 1 aromatic heterocycles. The van der Waals surface area contributed by atoms with Gasteiger partial charge in [-0.15, -0.1) is 0 Å². The standard InChI is InChI=1S/C32H40N4O5S/c1-7-12-33-30(37)26-18-23(19-27(35-26)31(38)34-13-8-2)22-10-11-24-25(17-22)20(3)16-28-29(24)32(5,6)21(4)36(28)14-9-15-42(39,40)41/h10-11,16-19H,7-9,12-15H2,1-6H3,(H2-,33,34,37,38,39,40,41)/p+1. The quantitative estimate of drug-likeness (QED) is 0.208. The molecule has 2 amide bonds. The highest BCUT2D eigenvalue weighted by atomic mass is 32.2. The fourth-order valence-electron chi connectivity index (χ4n) is 5.61. The van der Waals surface area contributed by atoms with E-state index in [0.717, 1.165) is 57.3 Å². The fourth-order valence-corrected chi connectivity index (χ4v) is 6.10. The fraction of sp³-hybridized carbons (Fsp3) is 0.438. The molecule has 2 heterocycles. The number of nitrogens with zero attached hydrogens (tertiary/aromatic N) is 2. The summed E-state index contributed by atoms with van der Waals surface area (Å²) < 4.78 is 34.0. The number of rotatable bonds is 11. The lowest BCUT2D eigenvalue weighted by Gasteiger charge is -2.19. The van der Waals surface area contributed by atoms with Crippen LogP contribution >= 0.6 is 0 Å². The van der Waals surface area contributed by atoms with E-state index < -0.39 is 10.1 Å². The minimum absolute atomic E-state index is 0.195. The van der Waals surface area contributed by atoms with Crippen molar-refractivity contribution in [3.05, 3.63) is 58.9 Å². The Hall–Kier alpha value is -3.63. The van der Waals surface area contributed by atoms with Crippen LogP contribution in [0.2, 0.25) is 0 Å². The Balaban J connectivity index is 1.81. The van der Waals surface area contributed by atoms with Gasteiger partial charge in [0.2, 0.25) is 5.69 Å². The number of hydrogen-bond acceptors (Lipinski definition) is 5. The minimum atomic E-state index is -4.03. The summed E-state index contributed by atoms with van der Waals surface area (Å²) in [6.07, 6.45) is 1.88. The minimum Gasteiger partial charge on any atom is -0.351 e. The number of fused-ring (bicyclic) bond motifs is 3. The summed E-state index contributed by atoms with van der Waals surface area (Å²) in [7, 11) is -4.03. The molecular formula is C32H41N4O5S+. The molecule has 9 nitrogen and oxygen atoms in total. The molecule has 224 valence electrons. The lowest BCUT2D eigenvalue weighted by Crippen LogP contribution is -2.28. The molecule has 0 bridgehead atoms. The highest BCUT2D eigenvalue weighted by molar-refractivity contribution is 7.85. The van der Waals surface area contributed by atoms with Gasteiger partial charge in [-0.1, -0.05) is 26.0 Å². The molecule has 1 aliphatic rings. The van der Waals surface area contributed by atoms with Crippen molar-refractivity contribution in [1.29, 1.82) is 0 Å². The Bertz CT molecular complexity index is 1650. The first kappa shape index (κ1) is 31.3. The van der Waals surface area contributed by atoms with Crippen LogP contribution in [0.15, 0.2) is 36.4 Å². The third kappa shape index (κ3) is 6.39. The highest BCUT2D eigenvalue weighted by Crippen LogP contribution is 2.45. The van der Waals surface area contributed by atoms with Crippen LogP contribution in [0.5, 0.6) is 0 Å². The predicted octanol–water partition coefficient (Wildman–Crippen LogP) is 5.16. The van der Waals surface area contributed by atoms with Gasteiger partial charge in [-0.3, -0.25) is 14.1 Å². The van der Waals surface area contributed by atoms with Crippen LogP contribution in [-0.4, -0.2) is 65.4 Å².